The number of aryl methyl sites for hydroxylation is 1. The van der Waals surface area contributed by atoms with Gasteiger partial charge in [-0.15, -0.1) is 0 Å². The zero-order chi connectivity index (χ0) is 15.8. The van der Waals surface area contributed by atoms with Crippen LogP contribution in [0.15, 0.2) is 18.2 Å². The van der Waals surface area contributed by atoms with Gasteiger partial charge in [-0.2, -0.15) is 0 Å². The van der Waals surface area contributed by atoms with Crippen molar-refractivity contribution in [2.24, 2.45) is 5.73 Å². The molecule has 0 saturated carbocycles. The lowest BCUT2D eigenvalue weighted by Crippen LogP contribution is -2.37. The molecule has 1 unspecified atom stereocenters. The molecule has 1 atom stereocenters. The van der Waals surface area contributed by atoms with E-state index in [4.69, 9.17) is 10.5 Å². The van der Waals surface area contributed by atoms with Gasteiger partial charge in [0.15, 0.2) is 0 Å². The third-order valence-electron chi connectivity index (χ3n) is 4.05. The minimum Gasteiger partial charge on any atom is -0.383 e. The molecule has 0 aliphatic heterocycles. The highest BCUT2D eigenvalue weighted by Crippen LogP contribution is 2.25. The summed E-state index contributed by atoms with van der Waals surface area (Å²) in [7, 11) is 1.77. The van der Waals surface area contributed by atoms with Crippen LogP contribution in [0.5, 0.6) is 0 Å². The zero-order valence-electron chi connectivity index (χ0n) is 14.4. The first-order valence-electron chi connectivity index (χ1n) is 8.14. The largest absolute Gasteiger partial charge is 0.383 e. The lowest BCUT2D eigenvalue weighted by atomic mass is 10.0. The molecule has 0 heterocycles. The van der Waals surface area contributed by atoms with Crippen LogP contribution < -0.4 is 10.6 Å². The topological polar surface area (TPSA) is 38.5 Å². The highest BCUT2D eigenvalue weighted by atomic mass is 16.5. The smallest absolute Gasteiger partial charge is 0.0637 e. The Morgan fingerprint density at radius 3 is 2.38 bits per heavy atom. The van der Waals surface area contributed by atoms with Gasteiger partial charge >= 0.3 is 0 Å². The zero-order valence-corrected chi connectivity index (χ0v) is 14.4. The fourth-order valence-electron chi connectivity index (χ4n) is 2.96. The van der Waals surface area contributed by atoms with Crippen LogP contribution in [0.4, 0.5) is 5.69 Å². The van der Waals surface area contributed by atoms with Crippen molar-refractivity contribution in [1.29, 1.82) is 0 Å². The van der Waals surface area contributed by atoms with Gasteiger partial charge in [0.25, 0.3) is 0 Å². The van der Waals surface area contributed by atoms with Crippen molar-refractivity contribution >= 4 is 5.69 Å². The first kappa shape index (κ1) is 18.0. The quantitative estimate of drug-likeness (QED) is 0.757. The van der Waals surface area contributed by atoms with Crippen LogP contribution in [0.25, 0.3) is 0 Å². The molecule has 0 amide bonds. The number of rotatable bonds is 9. The fraction of sp³-hybridized carbons (Fsp3) is 0.667. The number of hydrogen-bond acceptors (Lipinski definition) is 3. The van der Waals surface area contributed by atoms with E-state index in [9.17, 15) is 0 Å². The van der Waals surface area contributed by atoms with E-state index in [1.807, 2.05) is 0 Å². The molecule has 0 bridgehead atoms. The molecular formula is C18H32N2O. The number of ether oxygens (including phenoxy) is 1. The lowest BCUT2D eigenvalue weighted by molar-refractivity contribution is 0.202. The molecule has 0 fully saturated rings. The van der Waals surface area contributed by atoms with Crippen molar-refractivity contribution in [2.75, 3.05) is 25.2 Å². The predicted molar refractivity (Wildman–Crippen MR) is 92.1 cm³/mol. The Morgan fingerprint density at radius 2 is 1.90 bits per heavy atom. The summed E-state index contributed by atoms with van der Waals surface area (Å²) in [5.74, 6) is 0. The van der Waals surface area contributed by atoms with Gasteiger partial charge in [0.1, 0.15) is 0 Å². The van der Waals surface area contributed by atoms with E-state index >= 15 is 0 Å². The maximum atomic E-state index is 5.90. The van der Waals surface area contributed by atoms with Crippen LogP contribution in [0.3, 0.4) is 0 Å². The number of nitrogens with zero attached hydrogens (tertiary/aromatic N) is 1. The number of benzene rings is 1. The van der Waals surface area contributed by atoms with E-state index in [1.54, 1.807) is 7.11 Å². The van der Waals surface area contributed by atoms with Gasteiger partial charge < -0.3 is 15.4 Å². The van der Waals surface area contributed by atoms with Crippen LogP contribution in [0, 0.1) is 6.92 Å². The summed E-state index contributed by atoms with van der Waals surface area (Å²) >= 11 is 0. The third-order valence-corrected chi connectivity index (χ3v) is 4.05. The van der Waals surface area contributed by atoms with Crippen molar-refractivity contribution < 1.29 is 4.74 Å². The molecule has 0 aliphatic carbocycles. The van der Waals surface area contributed by atoms with Gasteiger partial charge in [-0.25, -0.2) is 0 Å². The Hall–Kier alpha value is -1.06. The second-order valence-electron chi connectivity index (χ2n) is 5.96. The van der Waals surface area contributed by atoms with E-state index < -0.39 is 0 Å². The lowest BCUT2D eigenvalue weighted by Gasteiger charge is -2.34. The monoisotopic (exact) mass is 292 g/mol. The molecular weight excluding hydrogens is 260 g/mol. The van der Waals surface area contributed by atoms with Crippen LogP contribution >= 0.6 is 0 Å². The Morgan fingerprint density at radius 1 is 1.24 bits per heavy atom. The van der Waals surface area contributed by atoms with Crippen LogP contribution in [-0.4, -0.2) is 32.3 Å². The summed E-state index contributed by atoms with van der Waals surface area (Å²) in [5.41, 5.74) is 9.88. The average Bonchev–Trinajstić information content (AvgIpc) is 2.43. The van der Waals surface area contributed by atoms with Gasteiger partial charge in [-0.05, 0) is 50.3 Å². The summed E-state index contributed by atoms with van der Waals surface area (Å²) in [6, 6.07) is 7.52. The van der Waals surface area contributed by atoms with Gasteiger partial charge in [-0.1, -0.05) is 26.0 Å². The van der Waals surface area contributed by atoms with E-state index in [2.05, 4.69) is 50.8 Å². The SMILES string of the molecule is CCC(CC)N(CCOC)c1ccc(CC(C)N)cc1C. The van der Waals surface area contributed by atoms with Gasteiger partial charge in [0.05, 0.1) is 6.61 Å². The first-order chi connectivity index (χ1) is 10.0. The molecule has 0 saturated heterocycles. The van der Waals surface area contributed by atoms with Gasteiger partial charge in [-0.3, -0.25) is 0 Å². The average molecular weight is 292 g/mol. The minimum absolute atomic E-state index is 0.207. The summed E-state index contributed by atoms with van der Waals surface area (Å²) in [4.78, 5) is 2.49. The molecule has 1 rings (SSSR count). The molecule has 3 heteroatoms. The Kier molecular flexibility index (Phi) is 7.76. The highest BCUT2D eigenvalue weighted by Gasteiger charge is 2.17. The van der Waals surface area contributed by atoms with Crippen LogP contribution in [0.2, 0.25) is 0 Å². The summed E-state index contributed by atoms with van der Waals surface area (Å²) in [6.45, 7) is 10.5. The second-order valence-corrected chi connectivity index (χ2v) is 5.96. The van der Waals surface area contributed by atoms with Crippen molar-refractivity contribution in [2.45, 2.75) is 59.0 Å². The molecule has 120 valence electrons. The molecule has 0 aliphatic rings. The van der Waals surface area contributed by atoms with E-state index in [0.717, 1.165) is 32.4 Å². The molecule has 1 aromatic carbocycles. The Bertz CT molecular complexity index is 414. The second kappa shape index (κ2) is 9.06. The molecule has 1 aromatic rings. The van der Waals surface area contributed by atoms with Crippen molar-refractivity contribution in [3.05, 3.63) is 29.3 Å². The number of methoxy groups -OCH3 is 1. The predicted octanol–water partition coefficient (Wildman–Crippen LogP) is 3.53. The van der Waals surface area contributed by atoms with E-state index in [1.165, 1.54) is 16.8 Å². The molecule has 0 radical (unpaired) electrons. The highest BCUT2D eigenvalue weighted by molar-refractivity contribution is 5.55. The fourth-order valence-corrected chi connectivity index (χ4v) is 2.96. The van der Waals surface area contributed by atoms with Crippen molar-refractivity contribution in [3.8, 4) is 0 Å². The van der Waals surface area contributed by atoms with E-state index in [-0.39, 0.29) is 6.04 Å². The third kappa shape index (κ3) is 5.33. The standard InChI is InChI=1S/C18H32N2O/c1-6-17(7-2)20(10-11-21-5)18-9-8-16(12-14(18)3)13-15(4)19/h8-9,12,15,17H,6-7,10-11,13,19H2,1-5H3. The normalized spacial score (nSPS) is 12.7. The number of anilines is 1. The van der Waals surface area contributed by atoms with Gasteiger partial charge in [0.2, 0.25) is 0 Å². The molecule has 2 N–H and O–H groups in total. The first-order valence-corrected chi connectivity index (χ1v) is 8.14. The molecule has 0 aromatic heterocycles. The maximum absolute atomic E-state index is 5.90. The van der Waals surface area contributed by atoms with E-state index in [0.29, 0.717) is 6.04 Å². The van der Waals surface area contributed by atoms with Crippen molar-refractivity contribution in [3.63, 3.8) is 0 Å². The summed E-state index contributed by atoms with van der Waals surface area (Å²) in [6.07, 6.45) is 3.24. The number of hydrogen-bond donors (Lipinski definition) is 1. The maximum Gasteiger partial charge on any atom is 0.0637 e. The number of nitrogens with two attached hydrogens (primary N) is 1. The van der Waals surface area contributed by atoms with Crippen molar-refractivity contribution in [1.82, 2.24) is 0 Å². The van der Waals surface area contributed by atoms with Gasteiger partial charge in [0, 0.05) is 31.4 Å². The Labute approximate surface area is 130 Å². The molecule has 3 nitrogen and oxygen atoms in total. The summed E-state index contributed by atoms with van der Waals surface area (Å²) in [5, 5.41) is 0. The molecule has 0 spiro atoms. The summed E-state index contributed by atoms with van der Waals surface area (Å²) < 4.78 is 5.29. The minimum atomic E-state index is 0.207. The van der Waals surface area contributed by atoms with Crippen LogP contribution in [0.1, 0.15) is 44.7 Å². The molecule has 21 heavy (non-hydrogen) atoms. The van der Waals surface area contributed by atoms with Crippen LogP contribution in [-0.2, 0) is 11.2 Å². The Balaban J connectivity index is 3.00.